The lowest BCUT2D eigenvalue weighted by atomic mass is 10.2. The van der Waals surface area contributed by atoms with Gasteiger partial charge < -0.3 is 4.74 Å². The van der Waals surface area contributed by atoms with Gasteiger partial charge in [-0.3, -0.25) is 19.8 Å². The van der Waals surface area contributed by atoms with Crippen molar-refractivity contribution in [1.82, 2.24) is 10.2 Å². The smallest absolute Gasteiger partial charge is 0.414 e. The number of benzene rings is 1. The number of imide groups is 1. The lowest BCUT2D eigenvalue weighted by molar-refractivity contribution is -0.115. The van der Waals surface area contributed by atoms with Crippen LogP contribution in [0.5, 0.6) is 0 Å². The second-order valence-corrected chi connectivity index (χ2v) is 4.79. The molecule has 7 heteroatoms. The van der Waals surface area contributed by atoms with Crippen molar-refractivity contribution in [2.45, 2.75) is 0 Å². The Labute approximate surface area is 123 Å². The molecule has 0 radical (unpaired) electrons. The maximum absolute atomic E-state index is 11.8. The number of ether oxygens (including phenoxy) is 1. The summed E-state index contributed by atoms with van der Waals surface area (Å²) in [7, 11) is 0. The van der Waals surface area contributed by atoms with E-state index in [-0.39, 0.29) is 11.1 Å². The van der Waals surface area contributed by atoms with E-state index in [1.165, 1.54) is 11.1 Å². The average molecular weight is 339 g/mol. The molecule has 6 nitrogen and oxygen atoms in total. The first-order valence-electron chi connectivity index (χ1n) is 5.79. The number of hydrogen-bond acceptors (Lipinski definition) is 4. The van der Waals surface area contributed by atoms with Crippen molar-refractivity contribution < 1.29 is 19.1 Å². The minimum absolute atomic E-state index is 0.0700. The first-order valence-corrected chi connectivity index (χ1v) is 6.58. The van der Waals surface area contributed by atoms with Gasteiger partial charge in [0.05, 0.1) is 11.0 Å². The van der Waals surface area contributed by atoms with Crippen LogP contribution in [0.25, 0.3) is 0 Å². The third kappa shape index (κ3) is 3.45. The summed E-state index contributed by atoms with van der Waals surface area (Å²) in [4.78, 5) is 36.0. The van der Waals surface area contributed by atoms with Crippen LogP contribution in [0.4, 0.5) is 4.79 Å². The number of rotatable bonds is 3. The molecule has 1 aromatic carbocycles. The summed E-state index contributed by atoms with van der Waals surface area (Å²) in [6.07, 6.45) is 0.771. The van der Waals surface area contributed by atoms with Crippen molar-refractivity contribution in [1.29, 1.82) is 0 Å². The fraction of sp³-hybridized carbons (Fsp3) is 0.154. The van der Waals surface area contributed by atoms with Crippen LogP contribution >= 0.6 is 15.9 Å². The van der Waals surface area contributed by atoms with Crippen LogP contribution in [0.1, 0.15) is 10.4 Å². The molecule has 0 bridgehead atoms. The summed E-state index contributed by atoms with van der Waals surface area (Å²) >= 11 is 3.03. The second-order valence-electron chi connectivity index (χ2n) is 3.93. The third-order valence-electron chi connectivity index (χ3n) is 2.54. The van der Waals surface area contributed by atoms with Gasteiger partial charge in [0, 0.05) is 11.8 Å². The Morgan fingerprint density at radius 1 is 1.30 bits per heavy atom. The molecule has 0 atom stereocenters. The van der Waals surface area contributed by atoms with E-state index in [4.69, 9.17) is 4.74 Å². The van der Waals surface area contributed by atoms with Crippen LogP contribution < -0.4 is 5.32 Å². The van der Waals surface area contributed by atoms with Gasteiger partial charge in [0.2, 0.25) is 0 Å². The zero-order chi connectivity index (χ0) is 14.5. The summed E-state index contributed by atoms with van der Waals surface area (Å²) in [5, 5.41) is 2.21. The van der Waals surface area contributed by atoms with Gasteiger partial charge in [-0.15, -0.1) is 0 Å². The molecule has 1 N–H and O–H groups in total. The fourth-order valence-corrected chi connectivity index (χ4v) is 1.89. The summed E-state index contributed by atoms with van der Waals surface area (Å²) in [5.74, 6) is -1.14. The highest BCUT2D eigenvalue weighted by Crippen LogP contribution is 2.11. The van der Waals surface area contributed by atoms with E-state index in [1.807, 2.05) is 0 Å². The first-order chi connectivity index (χ1) is 9.58. The fourth-order valence-electron chi connectivity index (χ4n) is 1.54. The molecular weight excluding hydrogens is 328 g/mol. The predicted octanol–water partition coefficient (Wildman–Crippen LogP) is 1.63. The molecule has 0 saturated carbocycles. The molecule has 1 aliphatic rings. The van der Waals surface area contributed by atoms with E-state index in [1.54, 1.807) is 30.3 Å². The standard InChI is InChI=1S/C13H11BrN2O4/c14-10(8-16-6-7-20-13(16)19)12(18)15-11(17)9-4-2-1-3-5-9/h1-5,8H,6-7H2,(H,15,17,18)/b10-8+. The molecule has 1 aliphatic heterocycles. The van der Waals surface area contributed by atoms with Crippen LogP contribution in [-0.2, 0) is 9.53 Å². The zero-order valence-corrected chi connectivity index (χ0v) is 11.9. The third-order valence-corrected chi connectivity index (χ3v) is 3.11. The number of cyclic esters (lactones) is 1. The Morgan fingerprint density at radius 3 is 2.60 bits per heavy atom. The SMILES string of the molecule is O=C(NC(=O)c1ccccc1)/C(Br)=C\N1CCOC1=O. The molecule has 1 fully saturated rings. The van der Waals surface area contributed by atoms with Gasteiger partial charge in [-0.2, -0.15) is 0 Å². The summed E-state index contributed by atoms with van der Waals surface area (Å²) in [6, 6.07) is 8.36. The quantitative estimate of drug-likeness (QED) is 0.850. The summed E-state index contributed by atoms with van der Waals surface area (Å²) < 4.78 is 4.79. The largest absolute Gasteiger partial charge is 0.447 e. The number of nitrogens with one attached hydrogen (secondary N) is 1. The topological polar surface area (TPSA) is 75.7 Å². The van der Waals surface area contributed by atoms with E-state index in [0.29, 0.717) is 12.1 Å². The average Bonchev–Trinajstić information content (AvgIpc) is 2.85. The van der Waals surface area contributed by atoms with Gasteiger partial charge in [0.1, 0.15) is 6.61 Å². The van der Waals surface area contributed by atoms with E-state index in [2.05, 4.69) is 21.2 Å². The Kier molecular flexibility index (Phi) is 4.52. The Balaban J connectivity index is 1.99. The molecule has 20 heavy (non-hydrogen) atoms. The first kappa shape index (κ1) is 14.3. The number of carbonyl (C=O) groups is 3. The Bertz CT molecular complexity index is 571. The predicted molar refractivity (Wildman–Crippen MR) is 74.0 cm³/mol. The molecule has 104 valence electrons. The highest BCUT2D eigenvalue weighted by atomic mass is 79.9. The zero-order valence-electron chi connectivity index (χ0n) is 10.3. The van der Waals surface area contributed by atoms with Gasteiger partial charge >= 0.3 is 6.09 Å². The van der Waals surface area contributed by atoms with Gasteiger partial charge in [-0.25, -0.2) is 4.79 Å². The van der Waals surface area contributed by atoms with Crippen LogP contribution in [0.3, 0.4) is 0 Å². The normalized spacial score (nSPS) is 14.9. The van der Waals surface area contributed by atoms with Gasteiger partial charge in [-0.1, -0.05) is 18.2 Å². The molecular formula is C13H11BrN2O4. The highest BCUT2D eigenvalue weighted by Gasteiger charge is 2.22. The van der Waals surface area contributed by atoms with Crippen molar-refractivity contribution in [3.8, 4) is 0 Å². The molecule has 1 aromatic rings. The minimum Gasteiger partial charge on any atom is -0.447 e. The number of amides is 3. The molecule has 1 saturated heterocycles. The van der Waals surface area contributed by atoms with Crippen LogP contribution in [0.2, 0.25) is 0 Å². The van der Waals surface area contributed by atoms with Crippen molar-refractivity contribution in [3.63, 3.8) is 0 Å². The van der Waals surface area contributed by atoms with Gasteiger partial charge in [-0.05, 0) is 28.1 Å². The number of carbonyl (C=O) groups excluding carboxylic acids is 3. The van der Waals surface area contributed by atoms with E-state index in [9.17, 15) is 14.4 Å². The lowest BCUT2D eigenvalue weighted by Crippen LogP contribution is -2.31. The van der Waals surface area contributed by atoms with E-state index in [0.717, 1.165) is 0 Å². The van der Waals surface area contributed by atoms with Crippen LogP contribution in [-0.4, -0.2) is 36.0 Å². The van der Waals surface area contributed by atoms with Gasteiger partial charge in [0.15, 0.2) is 0 Å². The van der Waals surface area contributed by atoms with Crippen LogP contribution in [0, 0.1) is 0 Å². The molecule has 0 spiro atoms. The maximum atomic E-state index is 11.8. The van der Waals surface area contributed by atoms with Crippen molar-refractivity contribution in [2.75, 3.05) is 13.2 Å². The van der Waals surface area contributed by atoms with Gasteiger partial charge in [0.25, 0.3) is 11.8 Å². The molecule has 0 unspecified atom stereocenters. The van der Waals surface area contributed by atoms with Crippen LogP contribution in [0.15, 0.2) is 41.0 Å². The molecule has 0 aliphatic carbocycles. The molecule has 1 heterocycles. The Hall–Kier alpha value is -2.15. The monoisotopic (exact) mass is 338 g/mol. The number of nitrogens with zero attached hydrogens (tertiary/aromatic N) is 1. The van der Waals surface area contributed by atoms with Crippen molar-refractivity contribution in [3.05, 3.63) is 46.6 Å². The summed E-state index contributed by atoms with van der Waals surface area (Å²) in [6.45, 7) is 0.647. The summed E-state index contributed by atoms with van der Waals surface area (Å²) in [5.41, 5.74) is 0.377. The Morgan fingerprint density at radius 2 is 2.00 bits per heavy atom. The van der Waals surface area contributed by atoms with Crippen molar-refractivity contribution in [2.24, 2.45) is 0 Å². The second kappa shape index (κ2) is 6.33. The van der Waals surface area contributed by atoms with E-state index >= 15 is 0 Å². The highest BCUT2D eigenvalue weighted by molar-refractivity contribution is 9.12. The molecule has 0 aromatic heterocycles. The number of hydrogen-bond donors (Lipinski definition) is 1. The molecule has 2 rings (SSSR count). The molecule has 3 amide bonds. The maximum Gasteiger partial charge on any atom is 0.414 e. The minimum atomic E-state index is -0.626. The number of halogens is 1. The lowest BCUT2D eigenvalue weighted by Gasteiger charge is -2.08. The van der Waals surface area contributed by atoms with E-state index < -0.39 is 17.9 Å². The van der Waals surface area contributed by atoms with Crippen molar-refractivity contribution >= 4 is 33.8 Å².